The molecule has 0 spiro atoms. The van der Waals surface area contributed by atoms with E-state index in [9.17, 15) is 13.2 Å². The van der Waals surface area contributed by atoms with Crippen LogP contribution in [0, 0.1) is 0 Å². The normalized spacial score (nSPS) is 15.6. The first-order chi connectivity index (χ1) is 11.0. The zero-order valence-electron chi connectivity index (χ0n) is 14.1. The summed E-state index contributed by atoms with van der Waals surface area (Å²) in [6, 6.07) is 6.13. The van der Waals surface area contributed by atoms with Crippen LogP contribution in [0.1, 0.15) is 37.0 Å². The van der Waals surface area contributed by atoms with Gasteiger partial charge in [0.1, 0.15) is 0 Å². The largest absolute Gasteiger partial charge is 0.339 e. The number of carbonyl (C=O) groups excluding carboxylic acids is 1. The molecule has 0 aromatic heterocycles. The molecule has 1 aromatic rings. The van der Waals surface area contributed by atoms with Crippen molar-refractivity contribution >= 4 is 28.3 Å². The topological polar surface area (TPSA) is 78.5 Å². The third kappa shape index (κ3) is 5.17. The lowest BCUT2D eigenvalue weighted by molar-refractivity contribution is 0.0773. The maximum atomic E-state index is 12.4. The van der Waals surface area contributed by atoms with Crippen LogP contribution < -0.4 is 10.0 Å². The molecule has 2 N–H and O–H groups in total. The van der Waals surface area contributed by atoms with Crippen molar-refractivity contribution in [2.75, 3.05) is 26.2 Å². The Hall–Kier alpha value is -1.15. The van der Waals surface area contributed by atoms with Crippen LogP contribution in [-0.2, 0) is 10.0 Å². The van der Waals surface area contributed by atoms with Gasteiger partial charge in [-0.15, -0.1) is 12.4 Å². The number of nitrogens with one attached hydrogen (secondary N) is 2. The predicted octanol–water partition coefficient (Wildman–Crippen LogP) is 1.62. The second-order valence-electron chi connectivity index (χ2n) is 5.65. The van der Waals surface area contributed by atoms with E-state index < -0.39 is 10.0 Å². The van der Waals surface area contributed by atoms with Gasteiger partial charge in [-0.3, -0.25) is 4.79 Å². The number of nitrogens with zero attached hydrogens (tertiary/aromatic N) is 1. The molecular formula is C16H26ClN3O3S. The summed E-state index contributed by atoms with van der Waals surface area (Å²) in [5.41, 5.74) is 0.509. The number of piperidine rings is 1. The van der Waals surface area contributed by atoms with E-state index in [-0.39, 0.29) is 29.3 Å². The smallest absolute Gasteiger partial charge is 0.253 e. The summed E-state index contributed by atoms with van der Waals surface area (Å²) in [6.45, 7) is 6.75. The summed E-state index contributed by atoms with van der Waals surface area (Å²) in [5.74, 6) is -0.0785. The lowest BCUT2D eigenvalue weighted by atomic mass is 10.1. The molecule has 1 amide bonds. The number of rotatable bonds is 6. The number of sulfonamides is 1. The summed E-state index contributed by atoms with van der Waals surface area (Å²) in [7, 11) is -3.54. The molecule has 1 heterocycles. The van der Waals surface area contributed by atoms with Gasteiger partial charge in [-0.2, -0.15) is 0 Å². The van der Waals surface area contributed by atoms with Crippen LogP contribution in [0.5, 0.6) is 0 Å². The number of amides is 1. The summed E-state index contributed by atoms with van der Waals surface area (Å²) in [6.07, 6.45) is 1.58. The first kappa shape index (κ1) is 20.9. The summed E-state index contributed by atoms with van der Waals surface area (Å²) in [5, 5.41) is 3.20. The SMILES string of the molecule is CCN(CC)C(=O)c1ccc(S(=O)(=O)NC2CCNCC2)cc1.Cl. The maximum Gasteiger partial charge on any atom is 0.253 e. The Balaban J connectivity index is 0.00000288. The molecule has 0 atom stereocenters. The van der Waals surface area contributed by atoms with E-state index in [1.165, 1.54) is 12.1 Å². The van der Waals surface area contributed by atoms with Crippen LogP contribution >= 0.6 is 12.4 Å². The molecule has 1 aromatic carbocycles. The molecule has 0 radical (unpaired) electrons. The Kier molecular flexibility index (Phi) is 8.15. The molecule has 2 rings (SSSR count). The van der Waals surface area contributed by atoms with Gasteiger partial charge < -0.3 is 10.2 Å². The molecule has 0 bridgehead atoms. The molecule has 136 valence electrons. The molecule has 1 aliphatic heterocycles. The van der Waals surface area contributed by atoms with Crippen LogP contribution in [0.2, 0.25) is 0 Å². The highest BCUT2D eigenvalue weighted by Crippen LogP contribution is 2.14. The van der Waals surface area contributed by atoms with Crippen molar-refractivity contribution in [1.29, 1.82) is 0 Å². The monoisotopic (exact) mass is 375 g/mol. The zero-order valence-corrected chi connectivity index (χ0v) is 15.8. The number of carbonyl (C=O) groups is 1. The Morgan fingerprint density at radius 3 is 2.21 bits per heavy atom. The lowest BCUT2D eigenvalue weighted by Crippen LogP contribution is -2.42. The van der Waals surface area contributed by atoms with Gasteiger partial charge in [0.2, 0.25) is 10.0 Å². The first-order valence-corrected chi connectivity index (χ1v) is 9.58. The third-order valence-electron chi connectivity index (χ3n) is 4.12. The van der Waals surface area contributed by atoms with Gasteiger partial charge in [-0.05, 0) is 64.0 Å². The third-order valence-corrected chi connectivity index (χ3v) is 5.66. The Labute approximate surface area is 150 Å². The van der Waals surface area contributed by atoms with E-state index in [1.54, 1.807) is 17.0 Å². The van der Waals surface area contributed by atoms with Crippen LogP contribution in [0.4, 0.5) is 0 Å². The second kappa shape index (κ2) is 9.36. The van der Waals surface area contributed by atoms with Crippen molar-refractivity contribution in [3.63, 3.8) is 0 Å². The lowest BCUT2D eigenvalue weighted by Gasteiger charge is -2.23. The number of halogens is 1. The summed E-state index contributed by atoms with van der Waals surface area (Å²) < 4.78 is 27.5. The van der Waals surface area contributed by atoms with Crippen molar-refractivity contribution < 1.29 is 13.2 Å². The van der Waals surface area contributed by atoms with Crippen LogP contribution in [0.15, 0.2) is 29.2 Å². The Bertz CT molecular complexity index is 624. The highest BCUT2D eigenvalue weighted by molar-refractivity contribution is 7.89. The summed E-state index contributed by atoms with van der Waals surface area (Å²) >= 11 is 0. The first-order valence-electron chi connectivity index (χ1n) is 8.10. The molecule has 1 aliphatic rings. The quantitative estimate of drug-likeness (QED) is 0.792. The average Bonchev–Trinajstić information content (AvgIpc) is 2.56. The molecule has 0 unspecified atom stereocenters. The van der Waals surface area contributed by atoms with E-state index >= 15 is 0 Å². The van der Waals surface area contributed by atoms with E-state index in [2.05, 4.69) is 10.0 Å². The Morgan fingerprint density at radius 1 is 1.17 bits per heavy atom. The van der Waals surface area contributed by atoms with E-state index in [0.29, 0.717) is 18.7 Å². The standard InChI is InChI=1S/C16H25N3O3S.ClH/c1-3-19(4-2)16(20)13-5-7-15(8-6-13)23(21,22)18-14-9-11-17-12-10-14;/h5-8,14,17-18H,3-4,9-12H2,1-2H3;1H. The highest BCUT2D eigenvalue weighted by atomic mass is 35.5. The van der Waals surface area contributed by atoms with Gasteiger partial charge in [0.25, 0.3) is 5.91 Å². The van der Waals surface area contributed by atoms with E-state index in [1.807, 2.05) is 13.8 Å². The van der Waals surface area contributed by atoms with Gasteiger partial charge in [0.05, 0.1) is 4.90 Å². The van der Waals surface area contributed by atoms with Crippen molar-refractivity contribution in [2.24, 2.45) is 0 Å². The molecule has 8 heteroatoms. The Morgan fingerprint density at radius 2 is 1.71 bits per heavy atom. The zero-order chi connectivity index (χ0) is 16.9. The fourth-order valence-corrected chi connectivity index (χ4v) is 4.00. The number of benzene rings is 1. The minimum absolute atomic E-state index is 0. The molecule has 0 saturated carbocycles. The van der Waals surface area contributed by atoms with Crippen molar-refractivity contribution in [1.82, 2.24) is 14.9 Å². The van der Waals surface area contributed by atoms with E-state index in [4.69, 9.17) is 0 Å². The number of hydrogen-bond acceptors (Lipinski definition) is 4. The van der Waals surface area contributed by atoms with E-state index in [0.717, 1.165) is 25.9 Å². The van der Waals surface area contributed by atoms with Gasteiger partial charge in [-0.25, -0.2) is 13.1 Å². The molecule has 24 heavy (non-hydrogen) atoms. The fraction of sp³-hybridized carbons (Fsp3) is 0.562. The summed E-state index contributed by atoms with van der Waals surface area (Å²) in [4.78, 5) is 14.1. The molecule has 1 fully saturated rings. The van der Waals surface area contributed by atoms with Crippen molar-refractivity contribution in [3.05, 3.63) is 29.8 Å². The minimum atomic E-state index is -3.54. The van der Waals surface area contributed by atoms with Gasteiger partial charge in [-0.1, -0.05) is 0 Å². The molecule has 0 aliphatic carbocycles. The second-order valence-corrected chi connectivity index (χ2v) is 7.36. The van der Waals surface area contributed by atoms with Crippen LogP contribution in [-0.4, -0.2) is 51.4 Å². The predicted molar refractivity (Wildman–Crippen MR) is 97.2 cm³/mol. The van der Waals surface area contributed by atoms with Crippen LogP contribution in [0.25, 0.3) is 0 Å². The highest BCUT2D eigenvalue weighted by Gasteiger charge is 2.22. The number of hydrogen-bond donors (Lipinski definition) is 2. The van der Waals surface area contributed by atoms with Crippen LogP contribution in [0.3, 0.4) is 0 Å². The average molecular weight is 376 g/mol. The molecule has 6 nitrogen and oxygen atoms in total. The van der Waals surface area contributed by atoms with Gasteiger partial charge in [0.15, 0.2) is 0 Å². The van der Waals surface area contributed by atoms with Gasteiger partial charge in [0, 0.05) is 24.7 Å². The van der Waals surface area contributed by atoms with Crippen molar-refractivity contribution in [3.8, 4) is 0 Å². The van der Waals surface area contributed by atoms with Crippen molar-refractivity contribution in [2.45, 2.75) is 37.6 Å². The van der Waals surface area contributed by atoms with Gasteiger partial charge >= 0.3 is 0 Å². The molecular weight excluding hydrogens is 350 g/mol. The fourth-order valence-electron chi connectivity index (χ4n) is 2.70. The minimum Gasteiger partial charge on any atom is -0.339 e. The molecule has 1 saturated heterocycles. The maximum absolute atomic E-state index is 12.4.